The normalized spacial score (nSPS) is 25.9. The summed E-state index contributed by atoms with van der Waals surface area (Å²) in [5.74, 6) is -2.12. The van der Waals surface area contributed by atoms with Gasteiger partial charge in [0.25, 0.3) is 0 Å². The van der Waals surface area contributed by atoms with E-state index in [1.54, 1.807) is 82.4 Å². The number of Topliss-reactive ketones (excluding diaryl/α,β-unsaturated/α-hetero) is 6. The maximum Gasteiger partial charge on any atom is 0.408 e. The SMILES string of the molecule is CC#N.CO.COC1=C(C)C(=O)C2=C(C1=O)[C@H](CNC(=O)[C@@H](C)NC(=O)OC(C)(C)C)N1C(C2)[C@H]2c3c(cc(C)c(OC)c3O)C[C@@H]([C@@H]1C#N)N2C.COC1=C(C)C(=O)C2=C(C1=O)[C@H](CNC(=O)[C@H](C)N)N1C(C2)[C@H]2c3c(cc(C)c(OC)c3O)C[C@@H]([C@@H]1C#N)N2C.COCOc1c(OC)c(C)cc2c1[C@@H]1C3CC4=C(C(=O)C(OC)=C(C)C4=O)[C@H](CNC(=O)[C@@H](C)NC(=O)OC(C)(C)C)N3[C@@H](C#N)[C@H](C2)N1C. The minimum absolute atomic E-state index is 0.00335. The first-order valence-corrected chi connectivity index (χ1v) is 46.9. The molecule has 10 N–H and O–H groups in total. The first-order valence-electron chi connectivity index (χ1n) is 46.9. The van der Waals surface area contributed by atoms with E-state index in [4.69, 9.17) is 63.5 Å². The van der Waals surface area contributed by atoms with Crippen molar-refractivity contribution < 1.29 is 115 Å². The van der Waals surface area contributed by atoms with Crippen LogP contribution in [0, 0.1) is 66.1 Å². The zero-order valence-electron chi connectivity index (χ0n) is 85.7. The number of nitriles is 4. The van der Waals surface area contributed by atoms with Crippen molar-refractivity contribution in [1.82, 2.24) is 56.0 Å². The van der Waals surface area contributed by atoms with E-state index in [1.807, 2.05) is 68.7 Å². The third-order valence-corrected chi connectivity index (χ3v) is 28.6. The molecule has 0 aromatic heterocycles. The Hall–Kier alpha value is -13.1. The first kappa shape index (κ1) is 109. The number of ether oxygens (including phenoxy) is 10. The van der Waals surface area contributed by atoms with Crippen LogP contribution in [0.2, 0.25) is 0 Å². The number of hydrogen-bond donors (Lipinski definition) is 9. The van der Waals surface area contributed by atoms with Crippen molar-refractivity contribution in [3.05, 3.63) is 136 Å². The van der Waals surface area contributed by atoms with Crippen molar-refractivity contribution in [2.24, 2.45) is 5.73 Å². The van der Waals surface area contributed by atoms with Gasteiger partial charge in [0, 0.05) is 144 Å². The molecule has 142 heavy (non-hydrogen) atoms. The topological polar surface area (TPSA) is 542 Å². The number of aromatic hydroxyl groups is 2. The zero-order valence-corrected chi connectivity index (χ0v) is 85.7. The van der Waals surface area contributed by atoms with Crippen LogP contribution in [-0.4, -0.2) is 316 Å². The number of fused-ring (bicyclic) bond motifs is 18. The average molecular weight is 1970 g/mol. The number of methoxy groups -OCH3 is 7. The van der Waals surface area contributed by atoms with Crippen molar-refractivity contribution in [3.8, 4) is 58.8 Å². The summed E-state index contributed by atoms with van der Waals surface area (Å²) in [6, 6.07) is 4.06. The van der Waals surface area contributed by atoms with Crippen LogP contribution in [0.4, 0.5) is 9.59 Å². The number of aryl methyl sites for hydroxylation is 3. The van der Waals surface area contributed by atoms with Gasteiger partial charge < -0.3 is 95.0 Å². The molecule has 3 aliphatic carbocycles. The number of nitrogens with two attached hydrogens (primary N) is 1. The number of piperazine rings is 3. The van der Waals surface area contributed by atoms with Gasteiger partial charge in [0.05, 0.1) is 109 Å². The van der Waals surface area contributed by atoms with Crippen LogP contribution < -0.4 is 51.3 Å². The second-order valence-corrected chi connectivity index (χ2v) is 39.2. The van der Waals surface area contributed by atoms with Crippen LogP contribution >= 0.6 is 0 Å². The third kappa shape index (κ3) is 19.9. The van der Waals surface area contributed by atoms with Crippen molar-refractivity contribution >= 4 is 64.6 Å². The highest BCUT2D eigenvalue weighted by molar-refractivity contribution is 6.27. The minimum atomic E-state index is -0.990. The number of likely N-dealkylation sites (N-methyl/N-ethyl adjacent to an activating group) is 3. The maximum atomic E-state index is 14.1. The highest BCUT2D eigenvalue weighted by atomic mass is 16.7. The summed E-state index contributed by atoms with van der Waals surface area (Å²) in [5, 5.41) is 83.0. The van der Waals surface area contributed by atoms with Crippen molar-refractivity contribution in [3.63, 3.8) is 0 Å². The lowest BCUT2D eigenvalue weighted by molar-refractivity contribution is -0.125. The molecule has 40 heteroatoms. The highest BCUT2D eigenvalue weighted by Gasteiger charge is 2.63. The Morgan fingerprint density at radius 3 is 0.986 bits per heavy atom. The number of rotatable bonds is 20. The number of phenols is 2. The van der Waals surface area contributed by atoms with Gasteiger partial charge in [0.1, 0.15) is 41.4 Å². The number of aliphatic hydroxyl groups is 1. The molecule has 18 atom stereocenters. The fourth-order valence-electron chi connectivity index (χ4n) is 22.8. The molecule has 6 bridgehead atoms. The van der Waals surface area contributed by atoms with Gasteiger partial charge >= 0.3 is 12.2 Å². The van der Waals surface area contributed by atoms with E-state index >= 15 is 0 Å². The van der Waals surface area contributed by atoms with E-state index < -0.39 is 149 Å². The molecule has 5 amide bonds. The Morgan fingerprint density at radius 1 is 0.437 bits per heavy atom. The smallest absolute Gasteiger partial charge is 0.408 e. The van der Waals surface area contributed by atoms with Gasteiger partial charge in [-0.15, -0.1) is 0 Å². The Balaban J connectivity index is 0.000000200. The second kappa shape index (κ2) is 43.8. The van der Waals surface area contributed by atoms with Gasteiger partial charge in [-0.25, -0.2) is 9.59 Å². The number of carbonyl (C=O) groups is 11. The number of carbonyl (C=O) groups excluding carboxylic acids is 11. The molecule has 3 fully saturated rings. The molecule has 3 aromatic rings. The van der Waals surface area contributed by atoms with Gasteiger partial charge in [0.15, 0.2) is 75.9 Å². The number of benzene rings is 3. The molecule has 15 rings (SSSR count). The third-order valence-electron chi connectivity index (χ3n) is 28.6. The minimum Gasteiger partial charge on any atom is -0.504 e. The van der Waals surface area contributed by atoms with Crippen molar-refractivity contribution in [2.45, 2.75) is 269 Å². The first-order chi connectivity index (χ1) is 67.0. The molecule has 12 aliphatic rings. The fraction of sp³-hybridized carbons (Fsp3) is 0.559. The summed E-state index contributed by atoms with van der Waals surface area (Å²) in [6.07, 6.45) is 0.381. The molecular formula is C102H132N16O24. The Kier molecular flexibility index (Phi) is 33.7. The summed E-state index contributed by atoms with van der Waals surface area (Å²) in [4.78, 5) is 160. The number of allylic oxidation sites excluding steroid dienone is 6. The molecule has 3 unspecified atom stereocenters. The fourth-order valence-corrected chi connectivity index (χ4v) is 22.8. The maximum absolute atomic E-state index is 14.1. The van der Waals surface area contributed by atoms with Crippen LogP contribution in [0.25, 0.3) is 0 Å². The van der Waals surface area contributed by atoms with E-state index in [1.165, 1.54) is 63.4 Å². The number of phenolic OH excluding ortho intramolecular Hbond substituents is 2. The largest absolute Gasteiger partial charge is 0.504 e. The highest BCUT2D eigenvalue weighted by Crippen LogP contribution is 2.59. The number of aliphatic hydroxyl groups excluding tert-OH is 1. The standard InChI is InChI=1S/C36H47N5O9.C34H43N5O8.C29H35N5O6.C2H3N.CH4O/c1-17-11-20-12-22-24(14-37)41-23(28(40(22)7)26(20)33(31(17)47-9)49-16-46-8)13-21-27(30(43)32(48-10)18(2)29(21)42)25(41)15-38-34(44)19(3)39-35(45)50-36(4,5)6;1-15-10-18-11-20-22(13-35)39-21(26(38(20)7)24(18)28(41)30(15)45-8)12-19-25(29(42)31(46-9)16(2)27(19)40)23(39)14-36-32(43)17(3)37-33(44)47-34(4,5)6;1-12-7-15-8-17-19(10-30)34-18(23(33(17)4)21(15)25(36)27(12)39-5)9-16-22(20(34)11-32-29(38)14(3)31)26(37)28(40-6)13(2)24(16)35;1-2-3;1-2/h11,19,22-25,28H,12-13,15-16H2,1-10H3,(H,38,44)(H,39,45);10,17,20-23,26,41H,11-12,14H2,1-9H3,(H,36,43)(H,37,44);7,14,17-20,23,36H,8-9,11,31H2,1-6H3,(H,32,38);1H3;2H,1H3/t19-,22+,23?,24+,25+,28+;17-,20+,21?,22+,23+,26+;14-,17-,18?,19-,20-,23-;;/m110../s1. The number of amides is 5. The van der Waals surface area contributed by atoms with Crippen LogP contribution in [0.15, 0.2) is 85.6 Å². The van der Waals surface area contributed by atoms with Crippen LogP contribution in [0.5, 0.6) is 34.5 Å². The number of alkyl carbamates (subject to hydrolysis) is 2. The Bertz CT molecular complexity index is 6000. The summed E-state index contributed by atoms with van der Waals surface area (Å²) >= 11 is 0. The lowest BCUT2D eigenvalue weighted by atomic mass is 9.69. The van der Waals surface area contributed by atoms with E-state index in [2.05, 4.69) is 65.6 Å². The van der Waals surface area contributed by atoms with E-state index in [-0.39, 0.29) is 143 Å². The molecule has 0 saturated carbocycles. The monoisotopic (exact) mass is 1960 g/mol. The van der Waals surface area contributed by atoms with Gasteiger partial charge in [-0.2, -0.15) is 21.0 Å². The molecule has 3 saturated heterocycles. The Labute approximate surface area is 827 Å². The van der Waals surface area contributed by atoms with E-state index in [0.717, 1.165) is 46.1 Å². The summed E-state index contributed by atoms with van der Waals surface area (Å²) in [5.41, 5.74) is 13.9. The molecule has 764 valence electrons. The van der Waals surface area contributed by atoms with Gasteiger partial charge in [-0.05, 0) is 197 Å². The predicted molar refractivity (Wildman–Crippen MR) is 513 cm³/mol. The second-order valence-electron chi connectivity index (χ2n) is 39.2. The van der Waals surface area contributed by atoms with Crippen LogP contribution in [-0.2, 0) is 90.8 Å². The average Bonchev–Trinajstić information content (AvgIpc) is 0.706. The van der Waals surface area contributed by atoms with E-state index in [0.29, 0.717) is 70.1 Å². The van der Waals surface area contributed by atoms with Gasteiger partial charge in [0.2, 0.25) is 35.1 Å². The van der Waals surface area contributed by atoms with E-state index in [9.17, 15) is 78.7 Å². The number of ketones is 6. The van der Waals surface area contributed by atoms with Gasteiger partial charge in [-0.1, -0.05) is 18.2 Å². The van der Waals surface area contributed by atoms with Crippen molar-refractivity contribution in [2.75, 3.05) is 104 Å². The van der Waals surface area contributed by atoms with Crippen LogP contribution in [0.3, 0.4) is 0 Å². The predicted octanol–water partition coefficient (Wildman–Crippen LogP) is 5.91. The van der Waals surface area contributed by atoms with Crippen molar-refractivity contribution in [1.29, 1.82) is 21.0 Å². The molecule has 3 aromatic carbocycles. The Morgan fingerprint density at radius 2 is 0.718 bits per heavy atom. The summed E-state index contributed by atoms with van der Waals surface area (Å²) in [6.45, 7) is 26.3. The molecule has 0 spiro atoms. The number of nitrogens with one attached hydrogen (secondary N) is 5. The lowest BCUT2D eigenvalue weighted by Gasteiger charge is -2.60. The molecule has 40 nitrogen and oxygen atoms in total. The summed E-state index contributed by atoms with van der Waals surface area (Å²) < 4.78 is 55.2. The summed E-state index contributed by atoms with van der Waals surface area (Å²) in [7, 11) is 16.9. The van der Waals surface area contributed by atoms with Gasteiger partial charge in [-0.3, -0.25) is 72.6 Å². The molecular weight excluding hydrogens is 1830 g/mol. The molecule has 9 aliphatic heterocycles. The number of hydrogen-bond acceptors (Lipinski definition) is 35. The lowest BCUT2D eigenvalue weighted by Crippen LogP contribution is -2.71. The quantitative estimate of drug-likeness (QED) is 0.0469. The number of nitrogens with zero attached hydrogens (tertiary/aromatic N) is 10. The van der Waals surface area contributed by atoms with Crippen LogP contribution in [0.1, 0.15) is 177 Å². The zero-order chi connectivity index (χ0) is 105. The molecule has 0 radical (unpaired) electrons. The molecule has 9 heterocycles.